The first kappa shape index (κ1) is 16.7. The lowest BCUT2D eigenvalue weighted by Crippen LogP contribution is -2.04. The van der Waals surface area contributed by atoms with E-state index in [1.165, 1.54) is 0 Å². The lowest BCUT2D eigenvalue weighted by molar-refractivity contribution is 0.414. The summed E-state index contributed by atoms with van der Waals surface area (Å²) in [5.74, 6) is 1.64. The van der Waals surface area contributed by atoms with E-state index in [9.17, 15) is 0 Å². The Kier molecular flexibility index (Phi) is 6.36. The first-order valence-electron chi connectivity index (χ1n) is 7.53. The number of aliphatic imine (C=N–C) groups is 2. The molecule has 0 saturated heterocycles. The second-order valence-electron chi connectivity index (χ2n) is 5.11. The number of para-hydroxylation sites is 2. The number of ether oxygens (including phenoxy) is 2. The molecule has 0 fully saturated rings. The van der Waals surface area contributed by atoms with Crippen molar-refractivity contribution in [1.82, 2.24) is 0 Å². The molecule has 120 valence electrons. The number of hydrogen-bond acceptors (Lipinski definition) is 4. The van der Waals surface area contributed by atoms with Gasteiger partial charge in [-0.15, -0.1) is 0 Å². The normalized spacial score (nSPS) is 12.7. The van der Waals surface area contributed by atoms with Gasteiger partial charge in [-0.05, 0) is 31.2 Å². The minimum absolute atomic E-state index is 0.0888. The third kappa shape index (κ3) is 4.95. The summed E-state index contributed by atoms with van der Waals surface area (Å²) in [6.45, 7) is 2.65. The van der Waals surface area contributed by atoms with Crippen LogP contribution in [0.4, 0.5) is 0 Å². The zero-order valence-corrected chi connectivity index (χ0v) is 13.8. The summed E-state index contributed by atoms with van der Waals surface area (Å²) in [6.07, 6.45) is 3.66. The molecule has 4 nitrogen and oxygen atoms in total. The molecule has 0 bridgehead atoms. The van der Waals surface area contributed by atoms with Gasteiger partial charge < -0.3 is 9.47 Å². The summed E-state index contributed by atoms with van der Waals surface area (Å²) >= 11 is 0. The van der Waals surface area contributed by atoms with Crippen LogP contribution in [0.25, 0.3) is 0 Å². The maximum Gasteiger partial charge on any atom is 0.127 e. The molecule has 2 aromatic rings. The van der Waals surface area contributed by atoms with Crippen LogP contribution in [0.1, 0.15) is 18.1 Å². The molecule has 0 radical (unpaired) electrons. The second-order valence-corrected chi connectivity index (χ2v) is 5.11. The Morgan fingerprint density at radius 1 is 0.870 bits per heavy atom. The summed E-state index contributed by atoms with van der Waals surface area (Å²) in [5, 5.41) is 0. The fraction of sp³-hybridized carbons (Fsp3) is 0.263. The number of nitrogens with zero attached hydrogens (tertiary/aromatic N) is 2. The molecule has 0 aliphatic rings. The molecule has 0 aliphatic carbocycles. The van der Waals surface area contributed by atoms with Crippen LogP contribution in [-0.2, 0) is 0 Å². The Bertz CT molecular complexity index is 681. The molecule has 0 N–H and O–H groups in total. The van der Waals surface area contributed by atoms with E-state index in [0.717, 1.165) is 22.6 Å². The number of hydrogen-bond donors (Lipinski definition) is 0. The fourth-order valence-electron chi connectivity index (χ4n) is 2.10. The predicted molar refractivity (Wildman–Crippen MR) is 95.5 cm³/mol. The van der Waals surface area contributed by atoms with Gasteiger partial charge in [-0.3, -0.25) is 9.98 Å². The highest BCUT2D eigenvalue weighted by molar-refractivity contribution is 5.84. The Hall–Kier alpha value is -2.62. The lowest BCUT2D eigenvalue weighted by atomic mass is 10.2. The van der Waals surface area contributed by atoms with Crippen LogP contribution in [0.3, 0.4) is 0 Å². The van der Waals surface area contributed by atoms with E-state index in [4.69, 9.17) is 9.47 Å². The highest BCUT2D eigenvalue weighted by Crippen LogP contribution is 2.16. The summed E-state index contributed by atoms with van der Waals surface area (Å²) in [4.78, 5) is 8.98. The van der Waals surface area contributed by atoms with Crippen molar-refractivity contribution in [3.63, 3.8) is 0 Å². The molecular weight excluding hydrogens is 288 g/mol. The summed E-state index contributed by atoms with van der Waals surface area (Å²) in [6, 6.07) is 15.7. The lowest BCUT2D eigenvalue weighted by Gasteiger charge is -2.06. The van der Waals surface area contributed by atoms with Gasteiger partial charge in [-0.25, -0.2) is 0 Å². The quantitative estimate of drug-likeness (QED) is 0.733. The van der Waals surface area contributed by atoms with E-state index in [0.29, 0.717) is 6.54 Å². The van der Waals surface area contributed by atoms with Crippen molar-refractivity contribution in [2.45, 2.75) is 13.0 Å². The average molecular weight is 310 g/mol. The highest BCUT2D eigenvalue weighted by Gasteiger charge is 2.01. The van der Waals surface area contributed by atoms with Crippen molar-refractivity contribution in [2.75, 3.05) is 20.8 Å². The topological polar surface area (TPSA) is 43.2 Å². The van der Waals surface area contributed by atoms with Gasteiger partial charge in [0.2, 0.25) is 0 Å². The van der Waals surface area contributed by atoms with Crippen molar-refractivity contribution < 1.29 is 9.47 Å². The Morgan fingerprint density at radius 3 is 1.96 bits per heavy atom. The monoisotopic (exact) mass is 310 g/mol. The minimum Gasteiger partial charge on any atom is -0.496 e. The Balaban J connectivity index is 1.95. The Labute approximate surface area is 137 Å². The molecule has 0 spiro atoms. The molecule has 0 saturated carbocycles. The van der Waals surface area contributed by atoms with Gasteiger partial charge in [0.1, 0.15) is 11.5 Å². The summed E-state index contributed by atoms with van der Waals surface area (Å²) in [7, 11) is 3.32. The van der Waals surface area contributed by atoms with Gasteiger partial charge in [0.05, 0.1) is 26.8 Å². The summed E-state index contributed by atoms with van der Waals surface area (Å²) < 4.78 is 10.6. The van der Waals surface area contributed by atoms with Gasteiger partial charge in [0.25, 0.3) is 0 Å². The maximum atomic E-state index is 5.31. The SMILES string of the molecule is COc1ccccc1C=NCC(C)N=Cc1ccccc1OC. The van der Waals surface area contributed by atoms with Crippen LogP contribution in [0.15, 0.2) is 58.5 Å². The zero-order chi connectivity index (χ0) is 16.5. The van der Waals surface area contributed by atoms with Crippen molar-refractivity contribution in [3.8, 4) is 11.5 Å². The molecule has 2 aromatic carbocycles. The third-order valence-electron chi connectivity index (χ3n) is 3.35. The molecule has 0 amide bonds. The molecular formula is C19H22N2O2. The molecule has 1 unspecified atom stereocenters. The van der Waals surface area contributed by atoms with Crippen LogP contribution in [0, 0.1) is 0 Å². The molecule has 2 rings (SSSR count). The molecule has 0 aliphatic heterocycles. The minimum atomic E-state index is 0.0888. The third-order valence-corrected chi connectivity index (χ3v) is 3.35. The average Bonchev–Trinajstić information content (AvgIpc) is 2.60. The van der Waals surface area contributed by atoms with E-state index in [-0.39, 0.29) is 6.04 Å². The van der Waals surface area contributed by atoms with Crippen LogP contribution in [0.2, 0.25) is 0 Å². The number of benzene rings is 2. The van der Waals surface area contributed by atoms with Gasteiger partial charge in [0, 0.05) is 23.6 Å². The first-order chi connectivity index (χ1) is 11.2. The van der Waals surface area contributed by atoms with E-state index in [1.807, 2.05) is 67.9 Å². The van der Waals surface area contributed by atoms with Gasteiger partial charge >= 0.3 is 0 Å². The molecule has 23 heavy (non-hydrogen) atoms. The predicted octanol–water partition coefficient (Wildman–Crippen LogP) is 3.63. The maximum absolute atomic E-state index is 5.31. The van der Waals surface area contributed by atoms with Crippen molar-refractivity contribution in [2.24, 2.45) is 9.98 Å². The van der Waals surface area contributed by atoms with Crippen molar-refractivity contribution >= 4 is 12.4 Å². The number of rotatable bonds is 7. The van der Waals surface area contributed by atoms with Crippen LogP contribution >= 0.6 is 0 Å². The fourth-order valence-corrected chi connectivity index (χ4v) is 2.10. The van der Waals surface area contributed by atoms with Crippen LogP contribution < -0.4 is 9.47 Å². The Morgan fingerprint density at radius 2 is 1.39 bits per heavy atom. The van der Waals surface area contributed by atoms with Gasteiger partial charge in [-0.1, -0.05) is 24.3 Å². The van der Waals surface area contributed by atoms with Crippen LogP contribution in [-0.4, -0.2) is 39.2 Å². The van der Waals surface area contributed by atoms with E-state index < -0.39 is 0 Å². The van der Waals surface area contributed by atoms with Crippen LogP contribution in [0.5, 0.6) is 11.5 Å². The smallest absolute Gasteiger partial charge is 0.127 e. The second kappa shape index (κ2) is 8.73. The van der Waals surface area contributed by atoms with Gasteiger partial charge in [-0.2, -0.15) is 0 Å². The molecule has 1 atom stereocenters. The number of methoxy groups -OCH3 is 2. The molecule has 0 heterocycles. The zero-order valence-electron chi connectivity index (χ0n) is 13.8. The molecule has 4 heteroatoms. The van der Waals surface area contributed by atoms with E-state index >= 15 is 0 Å². The van der Waals surface area contributed by atoms with E-state index in [1.54, 1.807) is 14.2 Å². The van der Waals surface area contributed by atoms with Gasteiger partial charge in [0.15, 0.2) is 0 Å². The van der Waals surface area contributed by atoms with Crippen molar-refractivity contribution in [3.05, 3.63) is 59.7 Å². The standard InChI is InChI=1S/C19H22N2O2/c1-15(21-14-17-9-5-7-11-19(17)23-3)12-20-13-16-8-4-6-10-18(16)22-2/h4-11,13-15H,12H2,1-3H3. The first-order valence-corrected chi connectivity index (χ1v) is 7.53. The largest absolute Gasteiger partial charge is 0.496 e. The highest BCUT2D eigenvalue weighted by atomic mass is 16.5. The van der Waals surface area contributed by atoms with Crippen molar-refractivity contribution in [1.29, 1.82) is 0 Å². The van der Waals surface area contributed by atoms with E-state index in [2.05, 4.69) is 9.98 Å². The summed E-state index contributed by atoms with van der Waals surface area (Å²) in [5.41, 5.74) is 1.94. The molecule has 0 aromatic heterocycles.